The molecule has 1 heterocycles. The van der Waals surface area contributed by atoms with E-state index < -0.39 is 0 Å². The molecule has 3 heteroatoms. The number of benzene rings is 1. The Balaban J connectivity index is 2.10. The van der Waals surface area contributed by atoms with Crippen LogP contribution in [0.5, 0.6) is 0 Å². The number of amidine groups is 1. The molecule has 1 aliphatic heterocycles. The lowest BCUT2D eigenvalue weighted by Crippen LogP contribution is -2.19. The van der Waals surface area contributed by atoms with Crippen LogP contribution in [-0.2, 0) is 6.54 Å². The van der Waals surface area contributed by atoms with Gasteiger partial charge in [-0.3, -0.25) is 4.99 Å². The van der Waals surface area contributed by atoms with E-state index in [1.807, 2.05) is 0 Å². The van der Waals surface area contributed by atoms with Gasteiger partial charge in [-0.05, 0) is 19.7 Å². The van der Waals surface area contributed by atoms with Crippen molar-refractivity contribution in [3.05, 3.63) is 35.4 Å². The molecule has 0 amide bonds. The predicted molar refractivity (Wildman–Crippen MR) is 63.2 cm³/mol. The van der Waals surface area contributed by atoms with Gasteiger partial charge in [0.1, 0.15) is 5.84 Å². The third kappa shape index (κ3) is 2.57. The Kier molecular flexibility index (Phi) is 3.02. The van der Waals surface area contributed by atoms with Crippen molar-refractivity contribution in [2.45, 2.75) is 6.54 Å². The van der Waals surface area contributed by atoms with Crippen LogP contribution in [0.1, 0.15) is 11.1 Å². The lowest BCUT2D eigenvalue weighted by Gasteiger charge is -2.10. The molecule has 0 atom stereocenters. The summed E-state index contributed by atoms with van der Waals surface area (Å²) in [5.74, 6) is 1.03. The zero-order valence-corrected chi connectivity index (χ0v) is 9.33. The maximum absolute atomic E-state index is 4.39. The Morgan fingerprint density at radius 3 is 2.53 bits per heavy atom. The highest BCUT2D eigenvalue weighted by Crippen LogP contribution is 2.07. The van der Waals surface area contributed by atoms with Gasteiger partial charge in [-0.2, -0.15) is 0 Å². The fourth-order valence-corrected chi connectivity index (χ4v) is 1.72. The van der Waals surface area contributed by atoms with Crippen LogP contribution < -0.4 is 5.32 Å². The van der Waals surface area contributed by atoms with E-state index in [0.29, 0.717) is 0 Å². The highest BCUT2D eigenvalue weighted by molar-refractivity contribution is 5.99. The van der Waals surface area contributed by atoms with Crippen LogP contribution in [-0.4, -0.2) is 37.9 Å². The van der Waals surface area contributed by atoms with E-state index in [4.69, 9.17) is 0 Å². The van der Waals surface area contributed by atoms with Crippen LogP contribution >= 0.6 is 0 Å². The molecule has 0 aliphatic carbocycles. The molecule has 0 fully saturated rings. The van der Waals surface area contributed by atoms with Crippen molar-refractivity contribution >= 4 is 5.84 Å². The van der Waals surface area contributed by atoms with E-state index in [2.05, 4.69) is 53.6 Å². The minimum Gasteiger partial charge on any atom is -0.368 e. The molecule has 3 nitrogen and oxygen atoms in total. The third-order valence-electron chi connectivity index (χ3n) is 2.40. The summed E-state index contributed by atoms with van der Waals surface area (Å²) in [5, 5.41) is 3.27. The zero-order valence-electron chi connectivity index (χ0n) is 9.33. The van der Waals surface area contributed by atoms with Gasteiger partial charge in [0, 0.05) is 18.7 Å². The normalized spacial score (nSPS) is 15.3. The van der Waals surface area contributed by atoms with Crippen LogP contribution in [0.2, 0.25) is 0 Å². The molecule has 0 bridgehead atoms. The van der Waals surface area contributed by atoms with Gasteiger partial charge in [-0.1, -0.05) is 24.3 Å². The zero-order chi connectivity index (χ0) is 10.7. The van der Waals surface area contributed by atoms with Crippen LogP contribution in [0.3, 0.4) is 0 Å². The van der Waals surface area contributed by atoms with Crippen molar-refractivity contribution in [2.24, 2.45) is 4.99 Å². The number of aliphatic imine (C=N–C) groups is 1. The van der Waals surface area contributed by atoms with Gasteiger partial charge in [-0.15, -0.1) is 0 Å². The summed E-state index contributed by atoms with van der Waals surface area (Å²) in [7, 11) is 4.16. The second-order valence-corrected chi connectivity index (χ2v) is 4.09. The first-order valence-corrected chi connectivity index (χ1v) is 5.28. The Morgan fingerprint density at radius 2 is 2.00 bits per heavy atom. The average Bonchev–Trinajstić information content (AvgIpc) is 2.71. The molecule has 2 rings (SSSR count). The van der Waals surface area contributed by atoms with Crippen LogP contribution in [0.4, 0.5) is 0 Å². The van der Waals surface area contributed by atoms with E-state index in [1.165, 1.54) is 11.1 Å². The summed E-state index contributed by atoms with van der Waals surface area (Å²) in [5.41, 5.74) is 2.53. The Morgan fingerprint density at radius 1 is 1.27 bits per heavy atom. The average molecular weight is 203 g/mol. The van der Waals surface area contributed by atoms with Crippen LogP contribution in [0, 0.1) is 0 Å². The quantitative estimate of drug-likeness (QED) is 0.796. The Labute approximate surface area is 90.8 Å². The number of nitrogens with one attached hydrogen (secondary N) is 1. The van der Waals surface area contributed by atoms with E-state index >= 15 is 0 Å². The second kappa shape index (κ2) is 4.45. The molecule has 15 heavy (non-hydrogen) atoms. The second-order valence-electron chi connectivity index (χ2n) is 4.09. The van der Waals surface area contributed by atoms with E-state index in [1.54, 1.807) is 0 Å². The van der Waals surface area contributed by atoms with Crippen molar-refractivity contribution in [1.29, 1.82) is 0 Å². The topological polar surface area (TPSA) is 27.6 Å². The van der Waals surface area contributed by atoms with Crippen molar-refractivity contribution < 1.29 is 0 Å². The summed E-state index contributed by atoms with van der Waals surface area (Å²) < 4.78 is 0. The summed E-state index contributed by atoms with van der Waals surface area (Å²) in [4.78, 5) is 6.56. The highest BCUT2D eigenvalue weighted by atomic mass is 15.1. The third-order valence-corrected chi connectivity index (χ3v) is 2.40. The predicted octanol–water partition coefficient (Wildman–Crippen LogP) is 1.10. The van der Waals surface area contributed by atoms with E-state index in [9.17, 15) is 0 Å². The monoisotopic (exact) mass is 203 g/mol. The van der Waals surface area contributed by atoms with Crippen LogP contribution in [0.15, 0.2) is 29.3 Å². The van der Waals surface area contributed by atoms with Crippen molar-refractivity contribution in [3.63, 3.8) is 0 Å². The minimum atomic E-state index is 0.898. The number of hydrogen-bond acceptors (Lipinski definition) is 3. The van der Waals surface area contributed by atoms with Gasteiger partial charge in [0.2, 0.25) is 0 Å². The molecule has 80 valence electrons. The van der Waals surface area contributed by atoms with Crippen LogP contribution in [0.25, 0.3) is 0 Å². The van der Waals surface area contributed by atoms with Gasteiger partial charge in [-0.25, -0.2) is 0 Å². The number of hydrogen-bond donors (Lipinski definition) is 1. The molecule has 1 aromatic carbocycles. The van der Waals surface area contributed by atoms with Crippen molar-refractivity contribution in [1.82, 2.24) is 10.2 Å². The fraction of sp³-hybridized carbons (Fsp3) is 0.417. The summed E-state index contributed by atoms with van der Waals surface area (Å²) in [6.07, 6.45) is 0. The molecular weight excluding hydrogens is 186 g/mol. The SMILES string of the molecule is CN(C)Cc1ccc(C2=NCCN2)cc1. The van der Waals surface area contributed by atoms with Gasteiger partial charge >= 0.3 is 0 Å². The van der Waals surface area contributed by atoms with E-state index in [-0.39, 0.29) is 0 Å². The van der Waals surface area contributed by atoms with Gasteiger partial charge < -0.3 is 10.2 Å². The lowest BCUT2D eigenvalue weighted by molar-refractivity contribution is 0.402. The molecule has 1 aromatic rings. The number of rotatable bonds is 3. The maximum atomic E-state index is 4.39. The molecule has 0 unspecified atom stereocenters. The molecule has 0 spiro atoms. The highest BCUT2D eigenvalue weighted by Gasteiger charge is 2.07. The molecule has 1 aliphatic rings. The number of nitrogens with zero attached hydrogens (tertiary/aromatic N) is 2. The first-order chi connectivity index (χ1) is 7.25. The largest absolute Gasteiger partial charge is 0.368 e. The molecule has 0 saturated carbocycles. The smallest absolute Gasteiger partial charge is 0.128 e. The van der Waals surface area contributed by atoms with Gasteiger partial charge in [0.15, 0.2) is 0 Å². The van der Waals surface area contributed by atoms with Gasteiger partial charge in [0.05, 0.1) is 6.54 Å². The van der Waals surface area contributed by atoms with Crippen molar-refractivity contribution in [3.8, 4) is 0 Å². The molecular formula is C12H17N3. The molecule has 0 aromatic heterocycles. The Bertz CT molecular complexity index is 352. The lowest BCUT2D eigenvalue weighted by atomic mass is 10.1. The van der Waals surface area contributed by atoms with Crippen molar-refractivity contribution in [2.75, 3.05) is 27.2 Å². The van der Waals surface area contributed by atoms with Gasteiger partial charge in [0.25, 0.3) is 0 Å². The van der Waals surface area contributed by atoms with E-state index in [0.717, 1.165) is 25.5 Å². The summed E-state index contributed by atoms with van der Waals surface area (Å²) >= 11 is 0. The first kappa shape index (κ1) is 10.2. The summed E-state index contributed by atoms with van der Waals surface area (Å²) in [6.45, 7) is 2.85. The molecule has 0 saturated heterocycles. The molecule has 1 N–H and O–H groups in total. The fourth-order valence-electron chi connectivity index (χ4n) is 1.72. The summed E-state index contributed by atoms with van der Waals surface area (Å²) in [6, 6.07) is 8.60. The maximum Gasteiger partial charge on any atom is 0.128 e. The molecule has 0 radical (unpaired) electrons. The first-order valence-electron chi connectivity index (χ1n) is 5.28. The Hall–Kier alpha value is -1.35. The minimum absolute atomic E-state index is 0.898. The standard InChI is InChI=1S/C12H17N3/c1-15(2)9-10-3-5-11(6-4-10)12-13-7-8-14-12/h3-6H,7-9H2,1-2H3,(H,13,14).